The van der Waals surface area contributed by atoms with Crippen LogP contribution in [0.2, 0.25) is 0 Å². The molecule has 41 heavy (non-hydrogen) atoms. The van der Waals surface area contributed by atoms with Gasteiger partial charge in [-0.1, -0.05) is 44.2 Å². The molecule has 0 saturated heterocycles. The van der Waals surface area contributed by atoms with Crippen LogP contribution in [0.15, 0.2) is 30.3 Å². The van der Waals surface area contributed by atoms with E-state index in [4.69, 9.17) is 14.2 Å². The highest BCUT2D eigenvalue weighted by Gasteiger charge is 2.36. The number of nitrogens with one attached hydrogen (secondary N) is 2. The number of hydrogen-bond acceptors (Lipinski definition) is 8. The minimum Gasteiger partial charge on any atom is -0.492 e. The molecule has 2 aromatic carbocycles. The molecule has 3 atom stereocenters. The molecule has 0 spiro atoms. The second-order valence-corrected chi connectivity index (χ2v) is 11.1. The molecule has 4 N–H and O–H groups in total. The summed E-state index contributed by atoms with van der Waals surface area (Å²) in [6, 6.07) is 8.53. The summed E-state index contributed by atoms with van der Waals surface area (Å²) in [6.07, 6.45) is 2.22. The number of amides is 2. The van der Waals surface area contributed by atoms with Crippen molar-refractivity contribution in [2.75, 3.05) is 40.3 Å². The molecule has 0 fully saturated rings. The summed E-state index contributed by atoms with van der Waals surface area (Å²) in [5, 5.41) is 25.5. The van der Waals surface area contributed by atoms with E-state index in [2.05, 4.69) is 10.6 Å². The zero-order valence-electron chi connectivity index (χ0n) is 25.2. The smallest absolute Gasteiger partial charge is 0.475 e. The predicted molar refractivity (Wildman–Crippen MR) is 160 cm³/mol. The van der Waals surface area contributed by atoms with Crippen molar-refractivity contribution in [2.45, 2.75) is 57.9 Å². The molecule has 0 bridgehead atoms. The number of carbonyl (C=O) groups is 2. The van der Waals surface area contributed by atoms with Crippen LogP contribution in [0.25, 0.3) is 0 Å². The summed E-state index contributed by atoms with van der Waals surface area (Å²) in [6.45, 7) is 3.88. The van der Waals surface area contributed by atoms with Gasteiger partial charge in [0.1, 0.15) is 6.04 Å². The van der Waals surface area contributed by atoms with Crippen molar-refractivity contribution in [3.05, 3.63) is 47.0 Å². The maximum atomic E-state index is 13.7. The number of benzene rings is 2. The number of methoxy groups -OCH3 is 3. The van der Waals surface area contributed by atoms with E-state index in [1.54, 1.807) is 21.3 Å². The van der Waals surface area contributed by atoms with E-state index in [9.17, 15) is 19.6 Å². The lowest BCUT2D eigenvalue weighted by molar-refractivity contribution is -0.131. The van der Waals surface area contributed by atoms with Crippen molar-refractivity contribution in [3.8, 4) is 17.2 Å². The second kappa shape index (κ2) is 14.5. The van der Waals surface area contributed by atoms with Crippen LogP contribution in [0, 0.1) is 11.8 Å². The van der Waals surface area contributed by atoms with Crippen molar-refractivity contribution in [1.29, 1.82) is 0 Å². The number of rotatable bonds is 13. The number of ether oxygens (including phenoxy) is 3. The first-order valence-corrected chi connectivity index (χ1v) is 14.0. The third-order valence-electron chi connectivity index (χ3n) is 7.50. The van der Waals surface area contributed by atoms with Crippen LogP contribution >= 0.6 is 0 Å². The van der Waals surface area contributed by atoms with E-state index in [1.807, 2.05) is 63.2 Å². The minimum atomic E-state index is -1.71. The van der Waals surface area contributed by atoms with Crippen molar-refractivity contribution in [1.82, 2.24) is 10.6 Å². The Bertz CT molecular complexity index is 1190. The molecule has 10 nitrogen and oxygen atoms in total. The van der Waals surface area contributed by atoms with Crippen molar-refractivity contribution < 1.29 is 33.8 Å². The average molecular weight is 570 g/mol. The molecule has 0 radical (unpaired) electrons. The fourth-order valence-corrected chi connectivity index (χ4v) is 5.60. The lowest BCUT2D eigenvalue weighted by Gasteiger charge is -2.33. The van der Waals surface area contributed by atoms with Crippen LogP contribution in [-0.4, -0.2) is 76.4 Å². The Balaban J connectivity index is 1.90. The van der Waals surface area contributed by atoms with Gasteiger partial charge in [0, 0.05) is 32.0 Å². The van der Waals surface area contributed by atoms with E-state index in [0.717, 1.165) is 22.4 Å². The minimum absolute atomic E-state index is 0.130. The highest BCUT2D eigenvalue weighted by atomic mass is 16.5. The fraction of sp³-hybridized carbons (Fsp3) is 0.533. The molecule has 0 saturated carbocycles. The Morgan fingerprint density at radius 3 is 2.15 bits per heavy atom. The quantitative estimate of drug-likeness (QED) is 0.270. The molecular formula is C30H44BN3O7. The lowest BCUT2D eigenvalue weighted by Crippen LogP contribution is -2.55. The van der Waals surface area contributed by atoms with Gasteiger partial charge in [-0.05, 0) is 42.7 Å². The van der Waals surface area contributed by atoms with Crippen LogP contribution in [0.3, 0.4) is 0 Å². The van der Waals surface area contributed by atoms with Gasteiger partial charge in [-0.3, -0.25) is 9.59 Å². The SMILES string of the molecule is COc1c2c(c(N(C)C)c(OC)c1OC)CC(C(=O)N[C@@H](Cc1ccccc1)C(=O)N[C@@H](CC(C)C)B(O)O)CC2. The number of nitrogens with zero attached hydrogens (tertiary/aromatic N) is 1. The molecule has 1 aliphatic rings. The highest BCUT2D eigenvalue weighted by Crippen LogP contribution is 2.51. The normalized spacial score (nSPS) is 15.8. The van der Waals surface area contributed by atoms with Gasteiger partial charge in [0.05, 0.1) is 33.0 Å². The topological polar surface area (TPSA) is 130 Å². The average Bonchev–Trinajstić information content (AvgIpc) is 2.94. The first-order valence-electron chi connectivity index (χ1n) is 14.0. The van der Waals surface area contributed by atoms with E-state index < -0.39 is 30.9 Å². The van der Waals surface area contributed by atoms with Crippen molar-refractivity contribution in [3.63, 3.8) is 0 Å². The van der Waals surface area contributed by atoms with Crippen LogP contribution in [0.1, 0.15) is 43.4 Å². The number of hydrogen-bond donors (Lipinski definition) is 4. The third kappa shape index (κ3) is 7.65. The Morgan fingerprint density at radius 1 is 0.976 bits per heavy atom. The molecule has 0 aliphatic heterocycles. The summed E-state index contributed by atoms with van der Waals surface area (Å²) < 4.78 is 17.1. The molecule has 0 aromatic heterocycles. The van der Waals surface area contributed by atoms with Gasteiger partial charge in [0.15, 0.2) is 11.5 Å². The van der Waals surface area contributed by atoms with E-state index in [1.165, 1.54) is 0 Å². The molecule has 1 unspecified atom stereocenters. The predicted octanol–water partition coefficient (Wildman–Crippen LogP) is 2.15. The van der Waals surface area contributed by atoms with E-state index in [0.29, 0.717) is 42.9 Å². The Labute approximate surface area is 243 Å². The van der Waals surface area contributed by atoms with Gasteiger partial charge in [0.2, 0.25) is 17.6 Å². The zero-order valence-corrected chi connectivity index (χ0v) is 25.2. The first kappa shape index (κ1) is 32.1. The Kier molecular flexibility index (Phi) is 11.3. The largest absolute Gasteiger partial charge is 0.492 e. The van der Waals surface area contributed by atoms with E-state index in [-0.39, 0.29) is 18.2 Å². The van der Waals surface area contributed by atoms with Crippen LogP contribution in [0.4, 0.5) is 5.69 Å². The molecule has 2 amide bonds. The van der Waals surface area contributed by atoms with Gasteiger partial charge in [-0.2, -0.15) is 0 Å². The monoisotopic (exact) mass is 569 g/mol. The van der Waals surface area contributed by atoms with Crippen LogP contribution in [0.5, 0.6) is 17.2 Å². The van der Waals surface area contributed by atoms with Gasteiger partial charge >= 0.3 is 7.12 Å². The maximum Gasteiger partial charge on any atom is 0.475 e. The molecule has 2 aromatic rings. The van der Waals surface area contributed by atoms with Gasteiger partial charge < -0.3 is 39.8 Å². The summed E-state index contributed by atoms with van der Waals surface area (Å²) in [7, 11) is 6.86. The summed E-state index contributed by atoms with van der Waals surface area (Å²) in [5.41, 5.74) is 3.62. The maximum absolute atomic E-state index is 13.7. The highest BCUT2D eigenvalue weighted by molar-refractivity contribution is 6.43. The second-order valence-electron chi connectivity index (χ2n) is 11.1. The van der Waals surface area contributed by atoms with Crippen LogP contribution in [-0.2, 0) is 28.9 Å². The summed E-state index contributed by atoms with van der Waals surface area (Å²) in [4.78, 5) is 29.1. The first-order chi connectivity index (χ1) is 19.5. The fourth-order valence-electron chi connectivity index (χ4n) is 5.60. The van der Waals surface area contributed by atoms with Gasteiger partial charge in [-0.25, -0.2) is 0 Å². The number of fused-ring (bicyclic) bond motifs is 1. The van der Waals surface area contributed by atoms with Gasteiger partial charge in [-0.15, -0.1) is 0 Å². The molecule has 11 heteroatoms. The molecular weight excluding hydrogens is 525 g/mol. The van der Waals surface area contributed by atoms with Gasteiger partial charge in [0.25, 0.3) is 0 Å². The summed E-state index contributed by atoms with van der Waals surface area (Å²) in [5.74, 6) is -0.165. The molecule has 1 aliphatic carbocycles. The Morgan fingerprint density at radius 2 is 1.61 bits per heavy atom. The van der Waals surface area contributed by atoms with E-state index >= 15 is 0 Å². The molecule has 0 heterocycles. The molecule has 224 valence electrons. The summed E-state index contributed by atoms with van der Waals surface area (Å²) >= 11 is 0. The van der Waals surface area contributed by atoms with Crippen molar-refractivity contribution >= 4 is 24.6 Å². The molecule has 3 rings (SSSR count). The zero-order chi connectivity index (χ0) is 30.3. The number of carbonyl (C=O) groups excluding carboxylic acids is 2. The standard InChI is InChI=1S/C30H44BN3O7/c1-18(2)15-24(31(37)38)33-30(36)23(16-19-11-9-8-10-12-19)32-29(35)20-13-14-21-22(17-20)25(34(3)4)27(40-6)28(41-7)26(21)39-5/h8-12,18,20,23-24,37-38H,13-17H2,1-7H3,(H,32,35)(H,33,36)/t20?,23-,24-/m0/s1. The Hall–Kier alpha value is -3.44. The number of anilines is 1. The lowest BCUT2D eigenvalue weighted by atomic mass is 9.75. The van der Waals surface area contributed by atoms with Crippen molar-refractivity contribution in [2.24, 2.45) is 11.8 Å². The third-order valence-corrected chi connectivity index (χ3v) is 7.50. The van der Waals surface area contributed by atoms with Crippen LogP contribution < -0.4 is 29.7 Å².